The molecule has 0 aliphatic rings. The summed E-state index contributed by atoms with van der Waals surface area (Å²) in [7, 11) is 0. The zero-order valence-corrected chi connectivity index (χ0v) is 30.6. The molecule has 9 aromatic carbocycles. The van der Waals surface area contributed by atoms with Crippen LogP contribution in [0.5, 0.6) is 0 Å². The number of benzene rings is 9. The van der Waals surface area contributed by atoms with Crippen LogP contribution >= 0.6 is 15.9 Å². The zero-order valence-electron chi connectivity index (χ0n) is 29.0. The molecule has 0 saturated heterocycles. The molecule has 9 rings (SSSR count). The van der Waals surface area contributed by atoms with Crippen molar-refractivity contribution in [2.45, 2.75) is 0 Å². The van der Waals surface area contributed by atoms with Crippen molar-refractivity contribution in [2.75, 3.05) is 9.80 Å². The fraction of sp³-hybridized carbons (Fsp3) is 0. The standard InChI is InChI=1S/C50H35BrN2/c51-44-33-49(35-50(34-44)53(47-29-23-38-15-7-9-17-42(38)31-47)48-30-24-39-16-8-10-18-43(39)32-48)52(45-25-19-40(20-26-45)36-11-3-1-4-12-36)46-27-21-41(22-28-46)37-13-5-2-6-14-37/h1-35H. The summed E-state index contributed by atoms with van der Waals surface area (Å²) in [5, 5.41) is 4.83. The average Bonchev–Trinajstić information content (AvgIpc) is 3.22. The molecule has 252 valence electrons. The van der Waals surface area contributed by atoms with Crippen LogP contribution < -0.4 is 9.80 Å². The molecular formula is C50H35BrN2. The molecule has 0 aromatic heterocycles. The van der Waals surface area contributed by atoms with E-state index in [2.05, 4.69) is 238 Å². The van der Waals surface area contributed by atoms with Crippen LogP contribution in [0.2, 0.25) is 0 Å². The summed E-state index contributed by atoms with van der Waals surface area (Å²) in [5.74, 6) is 0. The normalized spacial score (nSPS) is 11.1. The molecule has 9 aromatic rings. The third-order valence-corrected chi connectivity index (χ3v) is 10.3. The topological polar surface area (TPSA) is 6.48 Å². The van der Waals surface area contributed by atoms with Crippen molar-refractivity contribution in [2.24, 2.45) is 0 Å². The molecule has 53 heavy (non-hydrogen) atoms. The first-order valence-corrected chi connectivity index (χ1v) is 18.7. The molecule has 0 saturated carbocycles. The van der Waals surface area contributed by atoms with E-state index >= 15 is 0 Å². The maximum atomic E-state index is 3.95. The van der Waals surface area contributed by atoms with Gasteiger partial charge in [-0.05, 0) is 111 Å². The molecule has 0 radical (unpaired) electrons. The Labute approximate surface area is 319 Å². The van der Waals surface area contributed by atoms with Gasteiger partial charge in [0, 0.05) is 38.6 Å². The number of fused-ring (bicyclic) bond motifs is 2. The maximum Gasteiger partial charge on any atom is 0.0493 e. The van der Waals surface area contributed by atoms with Gasteiger partial charge in [-0.3, -0.25) is 0 Å². The third kappa shape index (κ3) is 6.71. The Bertz CT molecular complexity index is 2510. The van der Waals surface area contributed by atoms with Crippen molar-refractivity contribution < 1.29 is 0 Å². The van der Waals surface area contributed by atoms with Gasteiger partial charge in [0.15, 0.2) is 0 Å². The molecule has 0 aliphatic heterocycles. The second kappa shape index (κ2) is 14.3. The van der Waals surface area contributed by atoms with E-state index in [0.29, 0.717) is 0 Å². The highest BCUT2D eigenvalue weighted by Crippen LogP contribution is 2.44. The fourth-order valence-corrected chi connectivity index (χ4v) is 7.68. The molecule has 0 bridgehead atoms. The van der Waals surface area contributed by atoms with Crippen molar-refractivity contribution in [3.05, 3.63) is 217 Å². The van der Waals surface area contributed by atoms with Gasteiger partial charge >= 0.3 is 0 Å². The highest BCUT2D eigenvalue weighted by molar-refractivity contribution is 9.10. The lowest BCUT2D eigenvalue weighted by Crippen LogP contribution is -2.13. The summed E-state index contributed by atoms with van der Waals surface area (Å²) >= 11 is 3.95. The van der Waals surface area contributed by atoms with Crippen LogP contribution in [0.15, 0.2) is 217 Å². The Morgan fingerprint density at radius 1 is 0.245 bits per heavy atom. The molecule has 0 aliphatic carbocycles. The predicted molar refractivity (Wildman–Crippen MR) is 229 cm³/mol. The summed E-state index contributed by atoms with van der Waals surface area (Å²) < 4.78 is 0.989. The predicted octanol–water partition coefficient (Wildman–Crippen LogP) is 15.0. The Hall–Kier alpha value is -6.42. The van der Waals surface area contributed by atoms with Crippen molar-refractivity contribution in [3.63, 3.8) is 0 Å². The van der Waals surface area contributed by atoms with Gasteiger partial charge in [0.2, 0.25) is 0 Å². The molecule has 3 heteroatoms. The first kappa shape index (κ1) is 32.5. The highest BCUT2D eigenvalue weighted by Gasteiger charge is 2.19. The summed E-state index contributed by atoms with van der Waals surface area (Å²) in [6.07, 6.45) is 0. The van der Waals surface area contributed by atoms with Crippen LogP contribution in [0.4, 0.5) is 34.1 Å². The molecule has 0 fully saturated rings. The first-order valence-electron chi connectivity index (χ1n) is 17.9. The second-order valence-corrected chi connectivity index (χ2v) is 14.1. The summed E-state index contributed by atoms with van der Waals surface area (Å²) in [6, 6.07) is 76.1. The average molecular weight is 744 g/mol. The second-order valence-electron chi connectivity index (χ2n) is 13.2. The number of hydrogen-bond acceptors (Lipinski definition) is 2. The molecule has 0 unspecified atom stereocenters. The van der Waals surface area contributed by atoms with Gasteiger partial charge in [-0.25, -0.2) is 0 Å². The lowest BCUT2D eigenvalue weighted by molar-refractivity contribution is 1.25. The van der Waals surface area contributed by atoms with E-state index in [-0.39, 0.29) is 0 Å². The van der Waals surface area contributed by atoms with E-state index in [4.69, 9.17) is 0 Å². The van der Waals surface area contributed by atoms with E-state index < -0.39 is 0 Å². The van der Waals surface area contributed by atoms with E-state index in [1.165, 1.54) is 43.8 Å². The molecule has 0 amide bonds. The van der Waals surface area contributed by atoms with Crippen LogP contribution in [0.3, 0.4) is 0 Å². The Balaban J connectivity index is 1.21. The monoisotopic (exact) mass is 742 g/mol. The van der Waals surface area contributed by atoms with E-state index in [9.17, 15) is 0 Å². The molecule has 2 nitrogen and oxygen atoms in total. The van der Waals surface area contributed by atoms with E-state index in [1.54, 1.807) is 0 Å². The Kier molecular flexibility index (Phi) is 8.77. The highest BCUT2D eigenvalue weighted by atomic mass is 79.9. The quantitative estimate of drug-likeness (QED) is 0.153. The van der Waals surface area contributed by atoms with Crippen LogP contribution in [0.25, 0.3) is 43.8 Å². The maximum absolute atomic E-state index is 3.95. The molecule has 0 N–H and O–H groups in total. The van der Waals surface area contributed by atoms with Crippen molar-refractivity contribution in [1.29, 1.82) is 0 Å². The summed E-state index contributed by atoms with van der Waals surface area (Å²) in [6.45, 7) is 0. The number of halogens is 1. The smallest absolute Gasteiger partial charge is 0.0493 e. The zero-order chi connectivity index (χ0) is 35.6. The van der Waals surface area contributed by atoms with Crippen LogP contribution in [0.1, 0.15) is 0 Å². The van der Waals surface area contributed by atoms with Crippen LogP contribution in [-0.2, 0) is 0 Å². The molecular weight excluding hydrogens is 708 g/mol. The summed E-state index contributed by atoms with van der Waals surface area (Å²) in [4.78, 5) is 4.71. The van der Waals surface area contributed by atoms with Gasteiger partial charge in [0.05, 0.1) is 0 Å². The van der Waals surface area contributed by atoms with Gasteiger partial charge in [-0.2, -0.15) is 0 Å². The van der Waals surface area contributed by atoms with Gasteiger partial charge < -0.3 is 9.80 Å². The summed E-state index contributed by atoms with van der Waals surface area (Å²) in [5.41, 5.74) is 11.2. The fourth-order valence-electron chi connectivity index (χ4n) is 7.21. The van der Waals surface area contributed by atoms with Gasteiger partial charge in [0.1, 0.15) is 0 Å². The van der Waals surface area contributed by atoms with Crippen molar-refractivity contribution in [3.8, 4) is 22.3 Å². The Morgan fingerprint density at radius 3 is 1.02 bits per heavy atom. The van der Waals surface area contributed by atoms with Crippen LogP contribution in [-0.4, -0.2) is 0 Å². The van der Waals surface area contributed by atoms with Crippen LogP contribution in [0, 0.1) is 0 Å². The largest absolute Gasteiger partial charge is 0.310 e. The minimum atomic E-state index is 0.989. The minimum absolute atomic E-state index is 0.989. The van der Waals surface area contributed by atoms with Crippen molar-refractivity contribution >= 4 is 71.6 Å². The number of hydrogen-bond donors (Lipinski definition) is 0. The van der Waals surface area contributed by atoms with E-state index in [0.717, 1.165) is 38.6 Å². The Morgan fingerprint density at radius 2 is 0.585 bits per heavy atom. The molecule has 0 heterocycles. The lowest BCUT2D eigenvalue weighted by atomic mass is 10.0. The van der Waals surface area contributed by atoms with Gasteiger partial charge in [-0.15, -0.1) is 0 Å². The third-order valence-electron chi connectivity index (χ3n) is 9.83. The SMILES string of the molecule is Brc1cc(N(c2ccc(-c3ccccc3)cc2)c2ccc(-c3ccccc3)cc2)cc(N(c2ccc3ccccc3c2)c2ccc3ccccc3c2)c1. The number of anilines is 6. The minimum Gasteiger partial charge on any atom is -0.310 e. The molecule has 0 atom stereocenters. The van der Waals surface area contributed by atoms with Gasteiger partial charge in [-0.1, -0.05) is 162 Å². The lowest BCUT2D eigenvalue weighted by Gasteiger charge is -2.30. The van der Waals surface area contributed by atoms with E-state index in [1.807, 2.05) is 0 Å². The number of nitrogens with zero attached hydrogens (tertiary/aromatic N) is 2. The molecule has 0 spiro atoms. The first-order chi connectivity index (χ1) is 26.2. The van der Waals surface area contributed by atoms with Gasteiger partial charge in [0.25, 0.3) is 0 Å². The van der Waals surface area contributed by atoms with Crippen molar-refractivity contribution in [1.82, 2.24) is 0 Å². The number of rotatable bonds is 8.